The lowest BCUT2D eigenvalue weighted by molar-refractivity contribution is -0.116. The molecule has 0 saturated heterocycles. The van der Waals surface area contributed by atoms with E-state index in [1.165, 1.54) is 6.08 Å². The molecule has 1 amide bonds. The van der Waals surface area contributed by atoms with Crippen molar-refractivity contribution in [1.82, 2.24) is 25.1 Å². The van der Waals surface area contributed by atoms with Crippen LogP contribution in [0.4, 0.5) is 5.82 Å². The summed E-state index contributed by atoms with van der Waals surface area (Å²) in [5, 5.41) is 10.5. The number of amides is 1. The Morgan fingerprint density at radius 3 is 2.74 bits per heavy atom. The average Bonchev–Trinajstić information content (AvgIpc) is 3.34. The van der Waals surface area contributed by atoms with Gasteiger partial charge in [0.05, 0.1) is 5.69 Å². The molecule has 1 aliphatic heterocycles. The molecule has 1 aromatic carbocycles. The van der Waals surface area contributed by atoms with E-state index in [4.69, 9.17) is 9.47 Å². The number of hydrogen-bond donors (Lipinski definition) is 2. The van der Waals surface area contributed by atoms with E-state index in [0.29, 0.717) is 42.0 Å². The summed E-state index contributed by atoms with van der Waals surface area (Å²) >= 11 is 0. The SMILES string of the molecule is Cc1cc(C)n(-c2cc(NCCNC(=O)/C=C/c3ccc4c(c3)OCO4)nc(C)n2)n1. The first-order valence-corrected chi connectivity index (χ1v) is 9.97. The summed E-state index contributed by atoms with van der Waals surface area (Å²) in [4.78, 5) is 20.9. The molecule has 0 atom stereocenters. The van der Waals surface area contributed by atoms with Crippen LogP contribution in [0.1, 0.15) is 22.8 Å². The normalized spacial score (nSPS) is 12.4. The van der Waals surface area contributed by atoms with E-state index < -0.39 is 0 Å². The lowest BCUT2D eigenvalue weighted by Crippen LogP contribution is -2.27. The molecule has 4 rings (SSSR count). The maximum atomic E-state index is 12.1. The molecule has 2 aromatic heterocycles. The quantitative estimate of drug-likeness (QED) is 0.447. The molecule has 31 heavy (non-hydrogen) atoms. The van der Waals surface area contributed by atoms with Gasteiger partial charge in [0.15, 0.2) is 17.3 Å². The molecule has 0 unspecified atom stereocenters. The number of anilines is 1. The van der Waals surface area contributed by atoms with Crippen LogP contribution in [-0.2, 0) is 4.79 Å². The zero-order valence-corrected chi connectivity index (χ0v) is 17.7. The summed E-state index contributed by atoms with van der Waals surface area (Å²) in [5.74, 6) is 3.25. The number of aryl methyl sites for hydroxylation is 3. The summed E-state index contributed by atoms with van der Waals surface area (Å²) < 4.78 is 12.4. The van der Waals surface area contributed by atoms with Crippen LogP contribution in [0, 0.1) is 20.8 Å². The van der Waals surface area contributed by atoms with Crippen LogP contribution in [0.25, 0.3) is 11.9 Å². The second kappa shape index (κ2) is 8.86. The van der Waals surface area contributed by atoms with Crippen LogP contribution in [0.2, 0.25) is 0 Å². The van der Waals surface area contributed by atoms with E-state index in [1.54, 1.807) is 10.8 Å². The Kier molecular flexibility index (Phi) is 5.83. The number of ether oxygens (including phenoxy) is 2. The van der Waals surface area contributed by atoms with E-state index in [1.807, 2.05) is 51.1 Å². The number of rotatable bonds is 7. The molecule has 160 valence electrons. The molecule has 9 nitrogen and oxygen atoms in total. The van der Waals surface area contributed by atoms with Gasteiger partial charge < -0.3 is 20.1 Å². The Labute approximate surface area is 180 Å². The maximum Gasteiger partial charge on any atom is 0.244 e. The number of nitrogens with one attached hydrogen (secondary N) is 2. The van der Waals surface area contributed by atoms with Gasteiger partial charge in [-0.2, -0.15) is 5.10 Å². The smallest absolute Gasteiger partial charge is 0.244 e. The number of benzene rings is 1. The molecule has 3 heterocycles. The minimum absolute atomic E-state index is 0.179. The largest absolute Gasteiger partial charge is 0.454 e. The molecule has 0 fully saturated rings. The van der Waals surface area contributed by atoms with Crippen LogP contribution < -0.4 is 20.1 Å². The average molecular weight is 420 g/mol. The molecule has 0 radical (unpaired) electrons. The van der Waals surface area contributed by atoms with Gasteiger partial charge in [-0.05, 0) is 50.6 Å². The van der Waals surface area contributed by atoms with Crippen LogP contribution in [-0.4, -0.2) is 45.5 Å². The number of fused-ring (bicyclic) bond motifs is 1. The van der Waals surface area contributed by atoms with Gasteiger partial charge in [0, 0.05) is 30.9 Å². The fourth-order valence-electron chi connectivity index (χ4n) is 3.24. The second-order valence-electron chi connectivity index (χ2n) is 7.16. The van der Waals surface area contributed by atoms with Crippen molar-refractivity contribution in [3.05, 3.63) is 59.2 Å². The Hall–Kier alpha value is -3.88. The van der Waals surface area contributed by atoms with Gasteiger partial charge in [0.2, 0.25) is 12.7 Å². The highest BCUT2D eigenvalue weighted by Gasteiger charge is 2.12. The Morgan fingerprint density at radius 2 is 1.94 bits per heavy atom. The Morgan fingerprint density at radius 1 is 1.10 bits per heavy atom. The first-order chi connectivity index (χ1) is 15.0. The van der Waals surface area contributed by atoms with Crippen LogP contribution >= 0.6 is 0 Å². The molecule has 1 aliphatic rings. The molecule has 0 spiro atoms. The second-order valence-corrected chi connectivity index (χ2v) is 7.16. The molecule has 3 aromatic rings. The minimum atomic E-state index is -0.179. The lowest BCUT2D eigenvalue weighted by atomic mass is 10.2. The number of carbonyl (C=O) groups is 1. The van der Waals surface area contributed by atoms with Gasteiger partial charge in [-0.25, -0.2) is 14.6 Å². The fraction of sp³-hybridized carbons (Fsp3) is 0.273. The predicted octanol–water partition coefficient (Wildman–Crippen LogP) is 2.56. The van der Waals surface area contributed by atoms with Crippen LogP contribution in [0.3, 0.4) is 0 Å². The van der Waals surface area contributed by atoms with Crippen LogP contribution in [0.15, 0.2) is 36.4 Å². The predicted molar refractivity (Wildman–Crippen MR) is 116 cm³/mol. The van der Waals surface area contributed by atoms with Crippen molar-refractivity contribution in [2.45, 2.75) is 20.8 Å². The highest BCUT2D eigenvalue weighted by molar-refractivity contribution is 5.91. The molecule has 0 saturated carbocycles. The highest BCUT2D eigenvalue weighted by Crippen LogP contribution is 2.32. The molecule has 0 aliphatic carbocycles. The lowest BCUT2D eigenvalue weighted by Gasteiger charge is -2.10. The number of nitrogens with zero attached hydrogens (tertiary/aromatic N) is 4. The summed E-state index contributed by atoms with van der Waals surface area (Å²) in [6.07, 6.45) is 3.23. The van der Waals surface area contributed by atoms with Gasteiger partial charge in [-0.1, -0.05) is 6.07 Å². The molecule has 2 N–H and O–H groups in total. The zero-order chi connectivity index (χ0) is 21.8. The van der Waals surface area contributed by atoms with Crippen molar-refractivity contribution >= 4 is 17.8 Å². The summed E-state index contributed by atoms with van der Waals surface area (Å²) in [6.45, 7) is 6.96. The van der Waals surface area contributed by atoms with Crippen molar-refractivity contribution in [3.63, 3.8) is 0 Å². The van der Waals surface area contributed by atoms with Gasteiger partial charge in [-0.3, -0.25) is 4.79 Å². The summed E-state index contributed by atoms with van der Waals surface area (Å²) in [6, 6.07) is 9.38. The van der Waals surface area contributed by atoms with Gasteiger partial charge >= 0.3 is 0 Å². The minimum Gasteiger partial charge on any atom is -0.454 e. The van der Waals surface area contributed by atoms with Gasteiger partial charge in [0.1, 0.15) is 11.6 Å². The van der Waals surface area contributed by atoms with Crippen molar-refractivity contribution in [3.8, 4) is 17.3 Å². The van der Waals surface area contributed by atoms with E-state index in [0.717, 1.165) is 17.0 Å². The molecular weight excluding hydrogens is 396 g/mol. The fourth-order valence-corrected chi connectivity index (χ4v) is 3.24. The van der Waals surface area contributed by atoms with E-state index in [2.05, 4.69) is 25.7 Å². The summed E-state index contributed by atoms with van der Waals surface area (Å²) in [5.41, 5.74) is 2.80. The van der Waals surface area contributed by atoms with Gasteiger partial charge in [-0.15, -0.1) is 0 Å². The van der Waals surface area contributed by atoms with Crippen molar-refractivity contribution in [2.24, 2.45) is 0 Å². The summed E-state index contributed by atoms with van der Waals surface area (Å²) in [7, 11) is 0. The van der Waals surface area contributed by atoms with E-state index in [9.17, 15) is 4.79 Å². The van der Waals surface area contributed by atoms with Crippen LogP contribution in [0.5, 0.6) is 11.5 Å². The number of aromatic nitrogens is 4. The maximum absolute atomic E-state index is 12.1. The first kappa shape index (κ1) is 20.4. The number of hydrogen-bond acceptors (Lipinski definition) is 7. The Bertz CT molecular complexity index is 1140. The third kappa shape index (κ3) is 5.00. The van der Waals surface area contributed by atoms with E-state index in [-0.39, 0.29) is 12.7 Å². The zero-order valence-electron chi connectivity index (χ0n) is 17.7. The topological polar surface area (TPSA) is 103 Å². The third-order valence-corrected chi connectivity index (χ3v) is 4.61. The van der Waals surface area contributed by atoms with Gasteiger partial charge in [0.25, 0.3) is 0 Å². The molecular formula is C22H24N6O3. The van der Waals surface area contributed by atoms with Crippen molar-refractivity contribution in [1.29, 1.82) is 0 Å². The monoisotopic (exact) mass is 420 g/mol. The molecule has 9 heteroatoms. The van der Waals surface area contributed by atoms with Crippen molar-refractivity contribution in [2.75, 3.05) is 25.2 Å². The van der Waals surface area contributed by atoms with E-state index >= 15 is 0 Å². The highest BCUT2D eigenvalue weighted by atomic mass is 16.7. The number of carbonyl (C=O) groups excluding carboxylic acids is 1. The molecule has 0 bridgehead atoms. The standard InChI is InChI=1S/C22H24N6O3/c1-14-10-15(2)28(27-14)21-12-20(25-16(3)26-21)23-8-9-24-22(29)7-5-17-4-6-18-19(11-17)31-13-30-18/h4-7,10-12H,8-9,13H2,1-3H3,(H,24,29)(H,23,25,26)/b7-5+. The Balaban J connectivity index is 1.28. The van der Waals surface area contributed by atoms with Crippen molar-refractivity contribution < 1.29 is 14.3 Å². The third-order valence-electron chi connectivity index (χ3n) is 4.61. The first-order valence-electron chi connectivity index (χ1n) is 9.97.